The van der Waals surface area contributed by atoms with Crippen molar-refractivity contribution in [2.45, 2.75) is 18.1 Å². The average Bonchev–Trinajstić information content (AvgIpc) is 2.16. The van der Waals surface area contributed by atoms with Crippen LogP contribution >= 0.6 is 0 Å². The SMILES string of the molecule is [B]C(O)(O)C(CC(=O)O)Nc1ccccn1. The van der Waals surface area contributed by atoms with Gasteiger partial charge >= 0.3 is 5.97 Å². The fraction of sp³-hybridized carbons (Fsp3) is 0.333. The first kappa shape index (κ1) is 12.5. The minimum absolute atomic E-state index is 0.312. The zero-order valence-electron chi connectivity index (χ0n) is 8.37. The number of aliphatic carboxylic acids is 1. The van der Waals surface area contributed by atoms with E-state index in [0.717, 1.165) is 0 Å². The van der Waals surface area contributed by atoms with Gasteiger partial charge in [-0.25, -0.2) is 4.98 Å². The van der Waals surface area contributed by atoms with E-state index < -0.39 is 24.1 Å². The third kappa shape index (κ3) is 3.88. The molecular weight excluding hydrogens is 211 g/mol. The van der Waals surface area contributed by atoms with Crippen molar-refractivity contribution in [1.29, 1.82) is 0 Å². The van der Waals surface area contributed by atoms with Gasteiger partial charge in [-0.2, -0.15) is 0 Å². The minimum Gasteiger partial charge on any atom is -0.481 e. The number of aliphatic hydroxyl groups is 2. The standard InChI is InChI=1S/C9H11BN2O4/c10-9(15,16)6(5-8(13)14)12-7-3-1-2-4-11-7/h1-4,6,15-16H,5H2,(H,11,12)(H,13,14). The largest absolute Gasteiger partial charge is 0.481 e. The lowest BCUT2D eigenvalue weighted by Crippen LogP contribution is -2.48. The molecule has 1 heterocycles. The maximum Gasteiger partial charge on any atom is 0.305 e. The van der Waals surface area contributed by atoms with Crippen molar-refractivity contribution in [2.24, 2.45) is 0 Å². The van der Waals surface area contributed by atoms with Crippen LogP contribution < -0.4 is 5.32 Å². The number of hydrogen-bond donors (Lipinski definition) is 4. The van der Waals surface area contributed by atoms with Gasteiger partial charge in [-0.05, 0) is 12.1 Å². The number of carboxylic acids is 1. The molecule has 4 N–H and O–H groups in total. The van der Waals surface area contributed by atoms with E-state index in [1.807, 2.05) is 0 Å². The van der Waals surface area contributed by atoms with Gasteiger partial charge in [0.2, 0.25) is 0 Å². The molecule has 1 rings (SSSR count). The van der Waals surface area contributed by atoms with E-state index in [9.17, 15) is 4.79 Å². The predicted octanol–water partition coefficient (Wildman–Crippen LogP) is -0.856. The molecule has 0 aliphatic carbocycles. The Kier molecular flexibility index (Phi) is 3.86. The fourth-order valence-electron chi connectivity index (χ4n) is 1.11. The van der Waals surface area contributed by atoms with E-state index in [1.54, 1.807) is 18.2 Å². The molecule has 0 spiro atoms. The summed E-state index contributed by atoms with van der Waals surface area (Å²) in [6, 6.07) is 3.64. The van der Waals surface area contributed by atoms with Crippen molar-refractivity contribution in [3.8, 4) is 0 Å². The summed E-state index contributed by atoms with van der Waals surface area (Å²) < 4.78 is 0. The number of aromatic nitrogens is 1. The molecule has 1 aromatic heterocycles. The quantitative estimate of drug-likeness (QED) is 0.382. The number of nitrogens with one attached hydrogen (secondary N) is 1. The van der Waals surface area contributed by atoms with Crippen LogP contribution in [-0.4, -0.2) is 45.8 Å². The molecule has 0 fully saturated rings. The summed E-state index contributed by atoms with van der Waals surface area (Å²) in [4.78, 5) is 14.4. The zero-order valence-corrected chi connectivity index (χ0v) is 8.37. The smallest absolute Gasteiger partial charge is 0.305 e. The van der Waals surface area contributed by atoms with Crippen molar-refractivity contribution in [3.63, 3.8) is 0 Å². The normalized spacial score (nSPS) is 13.1. The topological polar surface area (TPSA) is 103 Å². The Morgan fingerprint density at radius 2 is 2.25 bits per heavy atom. The summed E-state index contributed by atoms with van der Waals surface area (Å²) in [6.45, 7) is 0. The molecule has 84 valence electrons. The van der Waals surface area contributed by atoms with Gasteiger partial charge < -0.3 is 20.6 Å². The van der Waals surface area contributed by atoms with Crippen LogP contribution in [0.15, 0.2) is 24.4 Å². The van der Waals surface area contributed by atoms with Crippen molar-refractivity contribution in [1.82, 2.24) is 4.98 Å². The van der Waals surface area contributed by atoms with E-state index in [4.69, 9.17) is 23.2 Å². The molecule has 7 heteroatoms. The second-order valence-corrected chi connectivity index (χ2v) is 3.29. The van der Waals surface area contributed by atoms with Gasteiger partial charge in [0.15, 0.2) is 7.85 Å². The summed E-state index contributed by atoms with van der Waals surface area (Å²) in [5, 5.41) is 29.5. The first-order valence-corrected chi connectivity index (χ1v) is 4.52. The van der Waals surface area contributed by atoms with Crippen LogP contribution in [-0.2, 0) is 4.79 Å². The molecule has 2 radical (unpaired) electrons. The maximum absolute atomic E-state index is 10.5. The van der Waals surface area contributed by atoms with E-state index in [2.05, 4.69) is 10.3 Å². The van der Waals surface area contributed by atoms with Crippen molar-refractivity contribution in [3.05, 3.63) is 24.4 Å². The number of carbonyl (C=O) groups is 1. The van der Waals surface area contributed by atoms with Gasteiger partial charge in [0.1, 0.15) is 11.5 Å². The Morgan fingerprint density at radius 1 is 1.56 bits per heavy atom. The summed E-state index contributed by atoms with van der Waals surface area (Å²) in [6.07, 6.45) is 0.938. The highest BCUT2D eigenvalue weighted by Gasteiger charge is 2.30. The van der Waals surface area contributed by atoms with Crippen LogP contribution in [0.1, 0.15) is 6.42 Å². The molecule has 6 nitrogen and oxygen atoms in total. The first-order chi connectivity index (χ1) is 7.39. The Labute approximate surface area is 93.4 Å². The summed E-state index contributed by atoms with van der Waals surface area (Å²) in [5.41, 5.74) is -2.63. The minimum atomic E-state index is -2.63. The second kappa shape index (κ2) is 4.95. The third-order valence-corrected chi connectivity index (χ3v) is 1.88. The van der Waals surface area contributed by atoms with Gasteiger partial charge in [0, 0.05) is 6.20 Å². The highest BCUT2D eigenvalue weighted by Crippen LogP contribution is 2.12. The van der Waals surface area contributed by atoms with Crippen molar-refractivity contribution >= 4 is 19.6 Å². The Morgan fingerprint density at radius 3 is 2.69 bits per heavy atom. The second-order valence-electron chi connectivity index (χ2n) is 3.29. The Balaban J connectivity index is 2.75. The number of rotatable bonds is 5. The van der Waals surface area contributed by atoms with Crippen LogP contribution in [0.3, 0.4) is 0 Å². The van der Waals surface area contributed by atoms with E-state index in [-0.39, 0.29) is 0 Å². The molecule has 0 aromatic carbocycles. The molecular formula is C9H11BN2O4. The molecule has 0 aliphatic rings. The van der Waals surface area contributed by atoms with Crippen LogP contribution in [0.2, 0.25) is 0 Å². The van der Waals surface area contributed by atoms with Gasteiger partial charge in [-0.15, -0.1) is 0 Å². The maximum atomic E-state index is 10.5. The van der Waals surface area contributed by atoms with E-state index in [0.29, 0.717) is 5.82 Å². The molecule has 0 saturated carbocycles. The van der Waals surface area contributed by atoms with E-state index in [1.165, 1.54) is 6.20 Å². The van der Waals surface area contributed by atoms with Gasteiger partial charge in [0.25, 0.3) is 0 Å². The molecule has 16 heavy (non-hydrogen) atoms. The number of anilines is 1. The van der Waals surface area contributed by atoms with Gasteiger partial charge in [0.05, 0.1) is 12.5 Å². The number of hydrogen-bond acceptors (Lipinski definition) is 5. The highest BCUT2D eigenvalue weighted by atomic mass is 16.5. The number of nitrogens with zero attached hydrogens (tertiary/aromatic N) is 1. The molecule has 1 aromatic rings. The predicted molar refractivity (Wildman–Crippen MR) is 56.8 cm³/mol. The molecule has 1 unspecified atom stereocenters. The summed E-state index contributed by atoms with van der Waals surface area (Å²) >= 11 is 0. The molecule has 1 atom stereocenters. The fourth-order valence-corrected chi connectivity index (χ4v) is 1.11. The summed E-state index contributed by atoms with van der Waals surface area (Å²) in [7, 11) is 5.03. The lowest BCUT2D eigenvalue weighted by molar-refractivity contribution is -0.143. The Hall–Kier alpha value is -1.60. The molecule has 0 aliphatic heterocycles. The average molecular weight is 222 g/mol. The molecule has 0 amide bonds. The molecule has 0 bridgehead atoms. The van der Waals surface area contributed by atoms with Crippen molar-refractivity contribution in [2.75, 3.05) is 5.32 Å². The van der Waals surface area contributed by atoms with Crippen LogP contribution in [0.5, 0.6) is 0 Å². The van der Waals surface area contributed by atoms with Crippen LogP contribution in [0, 0.1) is 0 Å². The highest BCUT2D eigenvalue weighted by molar-refractivity contribution is 6.13. The summed E-state index contributed by atoms with van der Waals surface area (Å²) in [5.74, 6) is -0.891. The monoisotopic (exact) mass is 222 g/mol. The first-order valence-electron chi connectivity index (χ1n) is 4.52. The number of carboxylic acid groups (broad SMARTS) is 1. The number of pyridine rings is 1. The molecule has 0 saturated heterocycles. The lowest BCUT2D eigenvalue weighted by Gasteiger charge is -2.28. The van der Waals surface area contributed by atoms with Gasteiger partial charge in [-0.3, -0.25) is 4.79 Å². The van der Waals surface area contributed by atoms with Crippen LogP contribution in [0.4, 0.5) is 5.82 Å². The lowest BCUT2D eigenvalue weighted by atomic mass is 9.85. The van der Waals surface area contributed by atoms with E-state index >= 15 is 0 Å². The van der Waals surface area contributed by atoms with Crippen molar-refractivity contribution < 1.29 is 20.1 Å². The van der Waals surface area contributed by atoms with Crippen LogP contribution in [0.25, 0.3) is 0 Å². The Bertz CT molecular complexity index is 352. The zero-order chi connectivity index (χ0) is 12.2. The van der Waals surface area contributed by atoms with Gasteiger partial charge in [-0.1, -0.05) is 6.07 Å². The third-order valence-electron chi connectivity index (χ3n) is 1.88.